The van der Waals surface area contributed by atoms with E-state index in [0.29, 0.717) is 16.7 Å². The van der Waals surface area contributed by atoms with E-state index in [4.69, 9.17) is 0 Å². The zero-order valence-corrected chi connectivity index (χ0v) is 15.9. The van der Waals surface area contributed by atoms with E-state index in [1.54, 1.807) is 48.5 Å². The molecule has 0 aromatic heterocycles. The van der Waals surface area contributed by atoms with Crippen LogP contribution in [0.2, 0.25) is 0 Å². The summed E-state index contributed by atoms with van der Waals surface area (Å²) in [5.74, 6) is 5.11. The molecule has 2 aliphatic heterocycles. The van der Waals surface area contributed by atoms with Crippen molar-refractivity contribution in [3.63, 3.8) is 0 Å². The summed E-state index contributed by atoms with van der Waals surface area (Å²) < 4.78 is 0. The molecule has 2 heterocycles. The predicted octanol–water partition coefficient (Wildman–Crippen LogP) is 3.19. The summed E-state index contributed by atoms with van der Waals surface area (Å²) in [7, 11) is 0. The van der Waals surface area contributed by atoms with Crippen molar-refractivity contribution in [2.45, 2.75) is 12.1 Å². The van der Waals surface area contributed by atoms with Crippen LogP contribution >= 0.6 is 0 Å². The summed E-state index contributed by atoms with van der Waals surface area (Å²) in [5, 5.41) is 2.57. The van der Waals surface area contributed by atoms with Gasteiger partial charge in [-0.25, -0.2) is 0 Å². The molecule has 0 N–H and O–H groups in total. The number of fused-ring (bicyclic) bond motifs is 1. The number of imide groups is 1. The molecule has 1 unspecified atom stereocenters. The molecule has 2 aliphatic rings. The third-order valence-corrected chi connectivity index (χ3v) is 5.25. The smallest absolute Gasteiger partial charge is 0.276 e. The highest BCUT2D eigenvalue weighted by molar-refractivity contribution is 6.21. The maximum Gasteiger partial charge on any atom is 0.276 e. The highest BCUT2D eigenvalue weighted by Crippen LogP contribution is 2.38. The van der Waals surface area contributed by atoms with Gasteiger partial charge in [-0.3, -0.25) is 14.4 Å². The number of carbonyl (C=O) groups is 3. The number of hydrazine groups is 1. The second kappa shape index (κ2) is 7.11. The van der Waals surface area contributed by atoms with Crippen molar-refractivity contribution >= 4 is 17.6 Å². The Labute approximate surface area is 173 Å². The van der Waals surface area contributed by atoms with Gasteiger partial charge in [0.05, 0.1) is 11.1 Å². The highest BCUT2D eigenvalue weighted by atomic mass is 16.2. The van der Waals surface area contributed by atoms with Crippen LogP contribution in [0.4, 0.5) is 0 Å². The zero-order chi connectivity index (χ0) is 20.7. The van der Waals surface area contributed by atoms with Crippen molar-refractivity contribution in [2.75, 3.05) is 0 Å². The Morgan fingerprint density at radius 1 is 0.733 bits per heavy atom. The van der Waals surface area contributed by atoms with Crippen molar-refractivity contribution in [2.24, 2.45) is 0 Å². The van der Waals surface area contributed by atoms with E-state index in [1.165, 1.54) is 5.01 Å². The van der Waals surface area contributed by atoms with Crippen LogP contribution in [0.3, 0.4) is 0 Å². The molecule has 0 aliphatic carbocycles. The first-order valence-electron chi connectivity index (χ1n) is 9.59. The van der Waals surface area contributed by atoms with Gasteiger partial charge in [0, 0.05) is 11.1 Å². The van der Waals surface area contributed by atoms with Crippen LogP contribution in [0.1, 0.15) is 36.6 Å². The number of carbonyl (C=O) groups excluding carboxylic acids is 3. The molecule has 0 radical (unpaired) electrons. The SMILES string of the molecule is O=C(c1ccccc1)[C@H]1[C@@H](C#Cc2ccccc2)N1N1C(=O)c2ccccc2C1=O. The molecule has 30 heavy (non-hydrogen) atoms. The summed E-state index contributed by atoms with van der Waals surface area (Å²) in [6.45, 7) is 0. The maximum atomic E-state index is 13.1. The van der Waals surface area contributed by atoms with E-state index < -0.39 is 23.9 Å². The van der Waals surface area contributed by atoms with Gasteiger partial charge in [0.25, 0.3) is 11.8 Å². The molecule has 5 nitrogen and oxygen atoms in total. The average Bonchev–Trinajstić information content (AvgIpc) is 3.45. The van der Waals surface area contributed by atoms with Gasteiger partial charge >= 0.3 is 0 Å². The lowest BCUT2D eigenvalue weighted by Crippen LogP contribution is -2.38. The van der Waals surface area contributed by atoms with Gasteiger partial charge in [-0.15, -0.1) is 0 Å². The van der Waals surface area contributed by atoms with Gasteiger partial charge in [-0.1, -0.05) is 72.5 Å². The molecule has 0 saturated carbocycles. The van der Waals surface area contributed by atoms with E-state index >= 15 is 0 Å². The first-order chi connectivity index (χ1) is 14.7. The molecule has 2 amide bonds. The van der Waals surface area contributed by atoms with Crippen LogP contribution in [0.5, 0.6) is 0 Å². The van der Waals surface area contributed by atoms with Crippen LogP contribution in [0.15, 0.2) is 84.9 Å². The van der Waals surface area contributed by atoms with Crippen LogP contribution in [0, 0.1) is 11.8 Å². The van der Waals surface area contributed by atoms with Crippen molar-refractivity contribution in [3.8, 4) is 11.8 Å². The molecular weight excluding hydrogens is 376 g/mol. The first-order valence-corrected chi connectivity index (χ1v) is 9.59. The first kappa shape index (κ1) is 18.0. The minimum Gasteiger partial charge on any atom is -0.292 e. The number of nitrogens with zero attached hydrogens (tertiary/aromatic N) is 2. The maximum absolute atomic E-state index is 13.1. The van der Waals surface area contributed by atoms with Crippen molar-refractivity contribution in [3.05, 3.63) is 107 Å². The van der Waals surface area contributed by atoms with E-state index in [2.05, 4.69) is 11.8 Å². The molecule has 3 atom stereocenters. The number of hydrogen-bond donors (Lipinski definition) is 0. The van der Waals surface area contributed by atoms with E-state index in [-0.39, 0.29) is 5.78 Å². The number of ketones is 1. The molecule has 144 valence electrons. The topological polar surface area (TPSA) is 57.5 Å². The molecule has 1 saturated heterocycles. The van der Waals surface area contributed by atoms with Gasteiger partial charge in [-0.2, -0.15) is 10.0 Å². The predicted molar refractivity (Wildman–Crippen MR) is 110 cm³/mol. The van der Waals surface area contributed by atoms with Gasteiger partial charge in [0.1, 0.15) is 12.1 Å². The van der Waals surface area contributed by atoms with Crippen LogP contribution in [0.25, 0.3) is 0 Å². The Kier molecular flexibility index (Phi) is 4.27. The number of amides is 2. The van der Waals surface area contributed by atoms with Crippen molar-refractivity contribution in [1.82, 2.24) is 10.0 Å². The zero-order valence-electron chi connectivity index (χ0n) is 15.9. The summed E-state index contributed by atoms with van der Waals surface area (Å²) in [4.78, 5) is 39.0. The molecule has 5 rings (SSSR count). The third kappa shape index (κ3) is 2.91. The molecule has 3 aromatic rings. The lowest BCUT2D eigenvalue weighted by atomic mass is 10.1. The molecule has 0 bridgehead atoms. The van der Waals surface area contributed by atoms with Crippen LogP contribution in [-0.4, -0.2) is 39.7 Å². The van der Waals surface area contributed by atoms with Gasteiger partial charge in [0.15, 0.2) is 5.78 Å². The van der Waals surface area contributed by atoms with E-state index in [1.807, 2.05) is 36.4 Å². The van der Waals surface area contributed by atoms with Gasteiger partial charge in [0.2, 0.25) is 0 Å². The second-order valence-electron chi connectivity index (χ2n) is 7.10. The lowest BCUT2D eigenvalue weighted by molar-refractivity contribution is 0.0356. The summed E-state index contributed by atoms with van der Waals surface area (Å²) in [6.07, 6.45) is 0. The average molecular weight is 392 g/mol. The molecule has 0 spiro atoms. The fraction of sp³-hybridized carbons (Fsp3) is 0.0800. The van der Waals surface area contributed by atoms with Gasteiger partial charge in [-0.05, 0) is 24.3 Å². The largest absolute Gasteiger partial charge is 0.292 e. The second-order valence-corrected chi connectivity index (χ2v) is 7.10. The fourth-order valence-corrected chi connectivity index (χ4v) is 3.72. The summed E-state index contributed by atoms with van der Waals surface area (Å²) in [6, 6.07) is 23.7. The van der Waals surface area contributed by atoms with Crippen molar-refractivity contribution in [1.29, 1.82) is 0 Å². The normalized spacial score (nSPS) is 21.6. The standard InChI is InChI=1S/C25H16N2O3/c28-23(18-11-5-2-6-12-18)22-21(16-15-17-9-3-1-4-10-17)26(22)27-24(29)19-13-7-8-14-20(19)25(27)30/h1-14,21-22H/t21-,22-,26?/m1/s1. The minimum absolute atomic E-state index is 0.167. The van der Waals surface area contributed by atoms with E-state index in [0.717, 1.165) is 10.6 Å². The fourth-order valence-electron chi connectivity index (χ4n) is 3.72. The van der Waals surface area contributed by atoms with E-state index in [9.17, 15) is 14.4 Å². The molecule has 3 aromatic carbocycles. The van der Waals surface area contributed by atoms with Crippen molar-refractivity contribution < 1.29 is 14.4 Å². The summed E-state index contributed by atoms with van der Waals surface area (Å²) in [5.41, 5.74) is 2.01. The van der Waals surface area contributed by atoms with Crippen LogP contribution < -0.4 is 0 Å². The number of hydrogen-bond acceptors (Lipinski definition) is 4. The summed E-state index contributed by atoms with van der Waals surface area (Å²) >= 11 is 0. The number of Topliss-reactive ketones (excluding diaryl/α,β-unsaturated/α-hetero) is 1. The van der Waals surface area contributed by atoms with Crippen LogP contribution in [-0.2, 0) is 0 Å². The Hall–Kier alpha value is -4.01. The number of rotatable bonds is 3. The Morgan fingerprint density at radius 2 is 1.27 bits per heavy atom. The third-order valence-electron chi connectivity index (χ3n) is 5.25. The Bertz CT molecular complexity index is 1190. The Morgan fingerprint density at radius 3 is 1.87 bits per heavy atom. The highest BCUT2D eigenvalue weighted by Gasteiger charge is 2.60. The monoisotopic (exact) mass is 392 g/mol. The van der Waals surface area contributed by atoms with Gasteiger partial charge < -0.3 is 0 Å². The molecule has 1 fully saturated rings. The Balaban J connectivity index is 1.50. The quantitative estimate of drug-likeness (QED) is 0.297. The number of benzene rings is 3. The molecular formula is C25H16N2O3. The molecule has 5 heteroatoms. The lowest BCUT2D eigenvalue weighted by Gasteiger charge is -2.15. The minimum atomic E-state index is -0.689.